The topological polar surface area (TPSA) is 41.3 Å². The number of aryl methyl sites for hydroxylation is 2. The largest absolute Gasteiger partial charge is 0.389 e. The molecule has 4 heteroatoms. The molecule has 1 fully saturated rings. The van der Waals surface area contributed by atoms with Gasteiger partial charge >= 0.3 is 0 Å². The van der Waals surface area contributed by atoms with Crippen molar-refractivity contribution in [1.82, 2.24) is 14.7 Å². The van der Waals surface area contributed by atoms with Gasteiger partial charge in [0.15, 0.2) is 0 Å². The van der Waals surface area contributed by atoms with E-state index in [1.807, 2.05) is 18.7 Å². The molecule has 1 aliphatic heterocycles. The summed E-state index contributed by atoms with van der Waals surface area (Å²) in [5.74, 6) is 0. The minimum atomic E-state index is -0.536. The van der Waals surface area contributed by atoms with Gasteiger partial charge in [0, 0.05) is 32.3 Å². The van der Waals surface area contributed by atoms with Gasteiger partial charge in [-0.05, 0) is 32.4 Å². The van der Waals surface area contributed by atoms with E-state index < -0.39 is 5.60 Å². The second-order valence-electron chi connectivity index (χ2n) is 5.24. The fraction of sp³-hybridized carbons (Fsp3) is 0.769. The van der Waals surface area contributed by atoms with Crippen molar-refractivity contribution in [3.8, 4) is 0 Å². The van der Waals surface area contributed by atoms with E-state index in [0.29, 0.717) is 0 Å². The summed E-state index contributed by atoms with van der Waals surface area (Å²) < 4.78 is 1.89. The lowest BCUT2D eigenvalue weighted by molar-refractivity contribution is -0.0206. The van der Waals surface area contributed by atoms with Crippen molar-refractivity contribution in [2.24, 2.45) is 7.05 Å². The number of likely N-dealkylation sites (tertiary alicyclic amines) is 1. The Morgan fingerprint density at radius 1 is 1.41 bits per heavy atom. The molecule has 0 aromatic carbocycles. The van der Waals surface area contributed by atoms with Gasteiger partial charge in [0.1, 0.15) is 0 Å². The predicted octanol–water partition coefficient (Wildman–Crippen LogP) is 1.12. The maximum absolute atomic E-state index is 10.6. The number of aliphatic hydroxyl groups is 1. The van der Waals surface area contributed by atoms with E-state index in [2.05, 4.69) is 23.0 Å². The molecule has 2 rings (SSSR count). The van der Waals surface area contributed by atoms with Crippen LogP contribution < -0.4 is 0 Å². The van der Waals surface area contributed by atoms with Crippen molar-refractivity contribution in [1.29, 1.82) is 0 Å². The lowest BCUT2D eigenvalue weighted by Gasteiger charge is -2.37. The van der Waals surface area contributed by atoms with Crippen LogP contribution in [0.25, 0.3) is 0 Å². The van der Waals surface area contributed by atoms with E-state index in [1.165, 1.54) is 0 Å². The SMILES string of the molecule is CCN1CCC(O)(Cc2cc(C)nn2C)CC1. The van der Waals surface area contributed by atoms with Crippen LogP contribution in [0.4, 0.5) is 0 Å². The van der Waals surface area contributed by atoms with Crippen LogP contribution in [-0.2, 0) is 13.5 Å². The van der Waals surface area contributed by atoms with Crippen LogP contribution in [-0.4, -0.2) is 45.0 Å². The van der Waals surface area contributed by atoms with Gasteiger partial charge in [0.2, 0.25) is 0 Å². The molecule has 0 amide bonds. The Balaban J connectivity index is 2.01. The molecule has 1 saturated heterocycles. The Bertz CT molecular complexity index is 378. The maximum Gasteiger partial charge on any atom is 0.0727 e. The smallest absolute Gasteiger partial charge is 0.0727 e. The highest BCUT2D eigenvalue weighted by atomic mass is 16.3. The Hall–Kier alpha value is -0.870. The fourth-order valence-corrected chi connectivity index (χ4v) is 2.63. The molecule has 1 aliphatic rings. The zero-order valence-corrected chi connectivity index (χ0v) is 11.1. The average molecular weight is 237 g/mol. The van der Waals surface area contributed by atoms with Crippen LogP contribution in [0, 0.1) is 6.92 Å². The molecule has 0 atom stereocenters. The van der Waals surface area contributed by atoms with E-state index in [0.717, 1.165) is 50.3 Å². The summed E-state index contributed by atoms with van der Waals surface area (Å²) in [5, 5.41) is 14.9. The van der Waals surface area contributed by atoms with Crippen LogP contribution in [0.2, 0.25) is 0 Å². The van der Waals surface area contributed by atoms with Gasteiger partial charge in [-0.2, -0.15) is 5.10 Å². The normalized spacial score (nSPS) is 20.7. The molecule has 0 saturated carbocycles. The van der Waals surface area contributed by atoms with Crippen molar-refractivity contribution < 1.29 is 5.11 Å². The highest BCUT2D eigenvalue weighted by Crippen LogP contribution is 2.26. The summed E-state index contributed by atoms with van der Waals surface area (Å²) in [6.07, 6.45) is 2.46. The molecule has 1 aromatic heterocycles. The lowest BCUT2D eigenvalue weighted by atomic mass is 9.87. The van der Waals surface area contributed by atoms with Gasteiger partial charge in [-0.15, -0.1) is 0 Å². The minimum Gasteiger partial charge on any atom is -0.389 e. The van der Waals surface area contributed by atoms with Crippen molar-refractivity contribution >= 4 is 0 Å². The van der Waals surface area contributed by atoms with E-state index in [-0.39, 0.29) is 0 Å². The first kappa shape index (κ1) is 12.6. The zero-order chi connectivity index (χ0) is 12.5. The third-order valence-electron chi connectivity index (χ3n) is 3.84. The van der Waals surface area contributed by atoms with Crippen molar-refractivity contribution in [3.63, 3.8) is 0 Å². The van der Waals surface area contributed by atoms with Crippen molar-refractivity contribution in [2.45, 2.75) is 38.7 Å². The summed E-state index contributed by atoms with van der Waals surface area (Å²) >= 11 is 0. The number of hydrogen-bond donors (Lipinski definition) is 1. The van der Waals surface area contributed by atoms with Gasteiger partial charge in [0.25, 0.3) is 0 Å². The van der Waals surface area contributed by atoms with Crippen LogP contribution >= 0.6 is 0 Å². The third kappa shape index (κ3) is 2.87. The summed E-state index contributed by atoms with van der Waals surface area (Å²) in [6, 6.07) is 2.07. The molecule has 96 valence electrons. The highest BCUT2D eigenvalue weighted by Gasteiger charge is 2.32. The van der Waals surface area contributed by atoms with Crippen LogP contribution in [0.3, 0.4) is 0 Å². The molecular formula is C13H23N3O. The molecule has 0 spiro atoms. The first-order chi connectivity index (χ1) is 8.02. The van der Waals surface area contributed by atoms with E-state index in [1.54, 1.807) is 0 Å². The van der Waals surface area contributed by atoms with Gasteiger partial charge in [0.05, 0.1) is 11.3 Å². The zero-order valence-electron chi connectivity index (χ0n) is 11.1. The molecule has 4 nitrogen and oxygen atoms in total. The van der Waals surface area contributed by atoms with Crippen molar-refractivity contribution in [2.75, 3.05) is 19.6 Å². The van der Waals surface area contributed by atoms with Crippen LogP contribution in [0.5, 0.6) is 0 Å². The summed E-state index contributed by atoms with van der Waals surface area (Å²) in [7, 11) is 1.95. The predicted molar refractivity (Wildman–Crippen MR) is 67.9 cm³/mol. The lowest BCUT2D eigenvalue weighted by Crippen LogP contribution is -2.45. The monoisotopic (exact) mass is 237 g/mol. The number of aromatic nitrogens is 2. The first-order valence-electron chi connectivity index (χ1n) is 6.47. The summed E-state index contributed by atoms with van der Waals surface area (Å²) in [4.78, 5) is 2.39. The number of rotatable bonds is 3. The quantitative estimate of drug-likeness (QED) is 0.856. The number of piperidine rings is 1. The summed E-state index contributed by atoms with van der Waals surface area (Å²) in [5.41, 5.74) is 1.62. The molecule has 2 heterocycles. The van der Waals surface area contributed by atoms with E-state index in [9.17, 15) is 5.11 Å². The Morgan fingerprint density at radius 3 is 2.53 bits per heavy atom. The Kier molecular flexibility index (Phi) is 3.54. The second-order valence-corrected chi connectivity index (χ2v) is 5.24. The first-order valence-corrected chi connectivity index (χ1v) is 6.47. The molecule has 0 bridgehead atoms. The molecule has 1 aromatic rings. The van der Waals surface area contributed by atoms with Gasteiger partial charge in [-0.1, -0.05) is 6.92 Å². The third-order valence-corrected chi connectivity index (χ3v) is 3.84. The van der Waals surface area contributed by atoms with Crippen LogP contribution in [0.1, 0.15) is 31.2 Å². The molecule has 0 unspecified atom stereocenters. The van der Waals surface area contributed by atoms with Gasteiger partial charge < -0.3 is 10.0 Å². The fourth-order valence-electron chi connectivity index (χ4n) is 2.63. The molecule has 1 N–H and O–H groups in total. The molecule has 17 heavy (non-hydrogen) atoms. The number of nitrogens with zero attached hydrogens (tertiary/aromatic N) is 3. The second kappa shape index (κ2) is 4.78. The van der Waals surface area contributed by atoms with E-state index in [4.69, 9.17) is 0 Å². The summed E-state index contributed by atoms with van der Waals surface area (Å²) in [6.45, 7) is 7.26. The Morgan fingerprint density at radius 2 is 2.06 bits per heavy atom. The molecule has 0 aliphatic carbocycles. The van der Waals surface area contributed by atoms with E-state index >= 15 is 0 Å². The van der Waals surface area contributed by atoms with Gasteiger partial charge in [-0.25, -0.2) is 0 Å². The van der Waals surface area contributed by atoms with Crippen molar-refractivity contribution in [3.05, 3.63) is 17.5 Å². The standard InChI is InChI=1S/C13H23N3O/c1-4-16-7-5-13(17,6-8-16)10-12-9-11(2)14-15(12)3/h9,17H,4-8,10H2,1-3H3. The maximum atomic E-state index is 10.6. The number of hydrogen-bond acceptors (Lipinski definition) is 3. The molecule has 0 radical (unpaired) electrons. The van der Waals surface area contributed by atoms with Crippen LogP contribution in [0.15, 0.2) is 6.07 Å². The highest BCUT2D eigenvalue weighted by molar-refractivity contribution is 5.12. The van der Waals surface area contributed by atoms with Gasteiger partial charge in [-0.3, -0.25) is 4.68 Å². The Labute approximate surface area is 103 Å². The average Bonchev–Trinajstić information content (AvgIpc) is 2.58. The molecular weight excluding hydrogens is 214 g/mol. The minimum absolute atomic E-state index is 0.536.